The van der Waals surface area contributed by atoms with E-state index in [1.54, 1.807) is 7.05 Å². The van der Waals surface area contributed by atoms with E-state index in [9.17, 15) is 0 Å². The molecule has 0 aliphatic heterocycles. The largest absolute Gasteiger partial charge is 0.356 e. The van der Waals surface area contributed by atoms with Crippen LogP contribution in [-0.4, -0.2) is 35.7 Å². The Bertz CT molecular complexity index is 682. The van der Waals surface area contributed by atoms with Crippen LogP contribution in [-0.2, 0) is 6.42 Å². The molecule has 0 amide bonds. The van der Waals surface area contributed by atoms with Crippen LogP contribution in [0.4, 0.5) is 0 Å². The summed E-state index contributed by atoms with van der Waals surface area (Å²) < 4.78 is 5.28. The highest BCUT2D eigenvalue weighted by Crippen LogP contribution is 2.28. The highest BCUT2D eigenvalue weighted by atomic mass is 35.5. The van der Waals surface area contributed by atoms with Gasteiger partial charge in [-0.05, 0) is 36.6 Å². The van der Waals surface area contributed by atoms with Crippen molar-refractivity contribution < 1.29 is 4.52 Å². The summed E-state index contributed by atoms with van der Waals surface area (Å²) in [6.45, 7) is 2.91. The number of nitrogens with one attached hydrogen (secondary N) is 2. The Labute approximate surface area is 140 Å². The van der Waals surface area contributed by atoms with E-state index in [1.807, 2.05) is 24.3 Å². The SMILES string of the molecule is CN=C(NCCc1nc(-c2ccc(Cl)cc2)no1)NC1CC1C. The highest BCUT2D eigenvalue weighted by molar-refractivity contribution is 6.30. The molecule has 0 bridgehead atoms. The molecule has 122 valence electrons. The summed E-state index contributed by atoms with van der Waals surface area (Å²) in [6.07, 6.45) is 1.84. The van der Waals surface area contributed by atoms with Gasteiger partial charge in [0, 0.05) is 36.6 Å². The van der Waals surface area contributed by atoms with Crippen molar-refractivity contribution >= 4 is 17.6 Å². The quantitative estimate of drug-likeness (QED) is 0.649. The Morgan fingerprint density at radius 3 is 2.78 bits per heavy atom. The Balaban J connectivity index is 1.50. The molecule has 2 N–H and O–H groups in total. The molecule has 1 aromatic carbocycles. The summed E-state index contributed by atoms with van der Waals surface area (Å²) in [5.41, 5.74) is 0.887. The summed E-state index contributed by atoms with van der Waals surface area (Å²) >= 11 is 5.88. The van der Waals surface area contributed by atoms with Gasteiger partial charge in [-0.1, -0.05) is 23.7 Å². The number of rotatable bonds is 5. The monoisotopic (exact) mass is 333 g/mol. The smallest absolute Gasteiger partial charge is 0.228 e. The fourth-order valence-electron chi connectivity index (χ4n) is 2.25. The van der Waals surface area contributed by atoms with Gasteiger partial charge in [0.25, 0.3) is 0 Å². The second kappa shape index (κ2) is 7.00. The topological polar surface area (TPSA) is 75.3 Å². The lowest BCUT2D eigenvalue weighted by Crippen LogP contribution is -2.39. The second-order valence-electron chi connectivity index (χ2n) is 5.73. The maximum atomic E-state index is 5.88. The van der Waals surface area contributed by atoms with Gasteiger partial charge in [-0.15, -0.1) is 0 Å². The van der Waals surface area contributed by atoms with Gasteiger partial charge in [-0.2, -0.15) is 4.98 Å². The summed E-state index contributed by atoms with van der Waals surface area (Å²) in [7, 11) is 1.77. The van der Waals surface area contributed by atoms with Crippen molar-refractivity contribution in [2.75, 3.05) is 13.6 Å². The number of benzene rings is 1. The maximum Gasteiger partial charge on any atom is 0.228 e. The number of hydrogen-bond acceptors (Lipinski definition) is 4. The van der Waals surface area contributed by atoms with Crippen LogP contribution in [0.2, 0.25) is 5.02 Å². The van der Waals surface area contributed by atoms with Crippen molar-refractivity contribution in [2.45, 2.75) is 25.8 Å². The molecule has 1 fully saturated rings. The van der Waals surface area contributed by atoms with Gasteiger partial charge in [0.2, 0.25) is 11.7 Å². The van der Waals surface area contributed by atoms with Gasteiger partial charge >= 0.3 is 0 Å². The first-order valence-electron chi connectivity index (χ1n) is 7.71. The molecular formula is C16H20ClN5O. The zero-order chi connectivity index (χ0) is 16.2. The van der Waals surface area contributed by atoms with Crippen LogP contribution in [0, 0.1) is 5.92 Å². The van der Waals surface area contributed by atoms with E-state index in [-0.39, 0.29) is 0 Å². The molecule has 1 heterocycles. The lowest BCUT2D eigenvalue weighted by atomic mass is 10.2. The van der Waals surface area contributed by atoms with E-state index >= 15 is 0 Å². The lowest BCUT2D eigenvalue weighted by molar-refractivity contribution is 0.378. The van der Waals surface area contributed by atoms with Crippen molar-refractivity contribution in [1.29, 1.82) is 0 Å². The zero-order valence-corrected chi connectivity index (χ0v) is 14.0. The van der Waals surface area contributed by atoms with Crippen molar-refractivity contribution in [3.63, 3.8) is 0 Å². The van der Waals surface area contributed by atoms with E-state index in [2.05, 4.69) is 32.7 Å². The first kappa shape index (κ1) is 15.8. The van der Waals surface area contributed by atoms with Crippen LogP contribution in [0.5, 0.6) is 0 Å². The molecule has 1 aliphatic carbocycles. The fraction of sp³-hybridized carbons (Fsp3) is 0.438. The zero-order valence-electron chi connectivity index (χ0n) is 13.2. The van der Waals surface area contributed by atoms with Crippen LogP contribution in [0.1, 0.15) is 19.2 Å². The molecule has 2 aromatic rings. The van der Waals surface area contributed by atoms with E-state index in [4.69, 9.17) is 16.1 Å². The molecule has 23 heavy (non-hydrogen) atoms. The molecule has 0 saturated heterocycles. The minimum Gasteiger partial charge on any atom is -0.356 e. The van der Waals surface area contributed by atoms with Gasteiger partial charge < -0.3 is 15.2 Å². The molecule has 1 aliphatic rings. The molecule has 3 rings (SSSR count). The van der Waals surface area contributed by atoms with Gasteiger partial charge in [0.05, 0.1) is 0 Å². The average Bonchev–Trinajstić information content (AvgIpc) is 3.05. The highest BCUT2D eigenvalue weighted by Gasteiger charge is 2.33. The van der Waals surface area contributed by atoms with E-state index in [1.165, 1.54) is 6.42 Å². The average molecular weight is 334 g/mol. The lowest BCUT2D eigenvalue weighted by Gasteiger charge is -2.10. The molecule has 7 heteroatoms. The number of nitrogens with zero attached hydrogens (tertiary/aromatic N) is 3. The third-order valence-corrected chi connectivity index (χ3v) is 4.11. The van der Waals surface area contributed by atoms with Crippen LogP contribution >= 0.6 is 11.6 Å². The summed E-state index contributed by atoms with van der Waals surface area (Å²) in [5, 5.41) is 11.3. The van der Waals surface area contributed by atoms with Crippen LogP contribution < -0.4 is 10.6 Å². The molecule has 6 nitrogen and oxygen atoms in total. The molecular weight excluding hydrogens is 314 g/mol. The normalized spacial score (nSPS) is 20.4. The van der Waals surface area contributed by atoms with Gasteiger partial charge in [-0.25, -0.2) is 0 Å². The number of guanidine groups is 1. The standard InChI is InChI=1S/C16H20ClN5O/c1-10-9-13(10)20-16(18-2)19-8-7-14-21-15(22-23-14)11-3-5-12(17)6-4-11/h3-6,10,13H,7-9H2,1-2H3,(H2,18,19,20). The molecule has 2 unspecified atom stereocenters. The summed E-state index contributed by atoms with van der Waals surface area (Å²) in [5.74, 6) is 2.71. The summed E-state index contributed by atoms with van der Waals surface area (Å²) in [6, 6.07) is 7.91. The minimum absolute atomic E-state index is 0.543. The van der Waals surface area contributed by atoms with Gasteiger partial charge in [0.1, 0.15) is 0 Å². The van der Waals surface area contributed by atoms with Crippen molar-refractivity contribution in [2.24, 2.45) is 10.9 Å². The van der Waals surface area contributed by atoms with Crippen molar-refractivity contribution in [1.82, 2.24) is 20.8 Å². The predicted octanol–water partition coefficient (Wildman–Crippen LogP) is 2.51. The van der Waals surface area contributed by atoms with Crippen LogP contribution in [0.25, 0.3) is 11.4 Å². The Morgan fingerprint density at radius 1 is 1.39 bits per heavy atom. The molecule has 1 saturated carbocycles. The van der Waals surface area contributed by atoms with E-state index in [0.29, 0.717) is 35.7 Å². The maximum absolute atomic E-state index is 5.88. The third kappa shape index (κ3) is 4.22. The fourth-order valence-corrected chi connectivity index (χ4v) is 2.38. The van der Waals surface area contributed by atoms with Crippen LogP contribution in [0.3, 0.4) is 0 Å². The van der Waals surface area contributed by atoms with Crippen molar-refractivity contribution in [3.05, 3.63) is 35.2 Å². The Hall–Kier alpha value is -2.08. The molecule has 2 atom stereocenters. The molecule has 1 aromatic heterocycles. The van der Waals surface area contributed by atoms with Crippen molar-refractivity contribution in [3.8, 4) is 11.4 Å². The minimum atomic E-state index is 0.543. The first-order valence-corrected chi connectivity index (χ1v) is 8.09. The molecule has 0 radical (unpaired) electrons. The number of aliphatic imine (C=N–C) groups is 1. The van der Waals surface area contributed by atoms with Crippen LogP contribution in [0.15, 0.2) is 33.8 Å². The number of aromatic nitrogens is 2. The number of halogens is 1. The van der Waals surface area contributed by atoms with E-state index in [0.717, 1.165) is 17.4 Å². The Morgan fingerprint density at radius 2 is 2.13 bits per heavy atom. The van der Waals surface area contributed by atoms with Gasteiger partial charge in [0.15, 0.2) is 5.96 Å². The van der Waals surface area contributed by atoms with Gasteiger partial charge in [-0.3, -0.25) is 4.99 Å². The first-order chi connectivity index (χ1) is 11.2. The van der Waals surface area contributed by atoms with E-state index < -0.39 is 0 Å². The Kier molecular flexibility index (Phi) is 4.81. The number of hydrogen-bond donors (Lipinski definition) is 2. The second-order valence-corrected chi connectivity index (χ2v) is 6.17. The third-order valence-electron chi connectivity index (χ3n) is 3.86. The summed E-state index contributed by atoms with van der Waals surface area (Å²) in [4.78, 5) is 8.61. The molecule has 0 spiro atoms. The predicted molar refractivity (Wildman–Crippen MR) is 90.5 cm³/mol.